The first-order chi connectivity index (χ1) is 18.0. The van der Waals surface area contributed by atoms with Gasteiger partial charge in [0.25, 0.3) is 0 Å². The van der Waals surface area contributed by atoms with Crippen molar-refractivity contribution < 1.29 is 14.0 Å². The molecule has 2 atom stereocenters. The topological polar surface area (TPSA) is 67.2 Å². The number of carbonyl (C=O) groups is 2. The Labute approximate surface area is 223 Å². The fraction of sp³-hybridized carbons (Fsp3) is 0.250. The van der Waals surface area contributed by atoms with Crippen LogP contribution < -0.4 is 10.2 Å². The van der Waals surface area contributed by atoms with Gasteiger partial charge in [0.2, 0.25) is 11.8 Å². The van der Waals surface area contributed by atoms with Gasteiger partial charge in [-0.1, -0.05) is 43.3 Å². The minimum absolute atomic E-state index is 0.0100. The number of nitrogens with zero attached hydrogens (tertiary/aromatic N) is 3. The lowest BCUT2D eigenvalue weighted by Gasteiger charge is -2.24. The first-order valence-electron chi connectivity index (χ1n) is 12.1. The van der Waals surface area contributed by atoms with E-state index in [1.54, 1.807) is 28.2 Å². The standard InChI is InChI=1S/C28H27FN4O2S2/c1-3-18(2)30-23(34)16-32-24(35)17-37-27(22-10-7-15-36-22)25-26(19-8-5-4-6-9-19)31-33(28(25)32)21-13-11-20(29)12-14-21/h4-15,18,27H,3,16-17H2,1-2H3,(H,30,34). The number of thiophene rings is 1. The SMILES string of the molecule is CCC(C)NC(=O)CN1C(=O)CSC(c2cccs2)c2c(-c3ccccc3)nn(-c3ccc(F)cc3)c21. The predicted octanol–water partition coefficient (Wildman–Crippen LogP) is 5.82. The van der Waals surface area contributed by atoms with Gasteiger partial charge in [0, 0.05) is 22.0 Å². The normalized spacial score (nSPS) is 16.2. The average Bonchev–Trinajstić information content (AvgIpc) is 3.55. The zero-order valence-corrected chi connectivity index (χ0v) is 22.2. The third-order valence-electron chi connectivity index (χ3n) is 6.33. The first-order valence-corrected chi connectivity index (χ1v) is 14.1. The van der Waals surface area contributed by atoms with Crippen LogP contribution in [0, 0.1) is 5.82 Å². The molecule has 3 heterocycles. The maximum atomic E-state index is 13.8. The molecule has 0 radical (unpaired) electrons. The van der Waals surface area contributed by atoms with Crippen LogP contribution in [0.4, 0.5) is 10.2 Å². The van der Waals surface area contributed by atoms with E-state index in [-0.39, 0.29) is 41.2 Å². The summed E-state index contributed by atoms with van der Waals surface area (Å²) >= 11 is 3.16. The Kier molecular flexibility index (Phi) is 7.43. The van der Waals surface area contributed by atoms with Gasteiger partial charge in [-0.3, -0.25) is 14.5 Å². The van der Waals surface area contributed by atoms with Crippen molar-refractivity contribution >= 4 is 40.7 Å². The average molecular weight is 535 g/mol. The smallest absolute Gasteiger partial charge is 0.240 e. The molecule has 0 aliphatic carbocycles. The van der Waals surface area contributed by atoms with Crippen molar-refractivity contribution in [3.05, 3.63) is 88.4 Å². The Balaban J connectivity index is 1.75. The van der Waals surface area contributed by atoms with E-state index in [9.17, 15) is 14.0 Å². The lowest BCUT2D eigenvalue weighted by atomic mass is 10.0. The molecular weight excluding hydrogens is 507 g/mol. The number of hydrogen-bond acceptors (Lipinski definition) is 5. The quantitative estimate of drug-likeness (QED) is 0.324. The lowest BCUT2D eigenvalue weighted by molar-refractivity contribution is -0.123. The molecule has 6 nitrogen and oxygen atoms in total. The molecule has 1 N–H and O–H groups in total. The molecule has 0 spiro atoms. The molecule has 1 aliphatic rings. The third-order valence-corrected chi connectivity index (χ3v) is 8.65. The van der Waals surface area contributed by atoms with E-state index >= 15 is 0 Å². The summed E-state index contributed by atoms with van der Waals surface area (Å²) in [7, 11) is 0. The number of hydrogen-bond donors (Lipinski definition) is 1. The maximum absolute atomic E-state index is 13.8. The van der Waals surface area contributed by atoms with E-state index < -0.39 is 0 Å². The second-order valence-corrected chi connectivity index (χ2v) is 11.0. The van der Waals surface area contributed by atoms with Crippen LogP contribution in [0.5, 0.6) is 0 Å². The van der Waals surface area contributed by atoms with E-state index in [1.807, 2.05) is 55.6 Å². The number of benzene rings is 2. The van der Waals surface area contributed by atoms with E-state index in [2.05, 4.69) is 11.4 Å². The number of thioether (sulfide) groups is 1. The highest BCUT2D eigenvalue weighted by atomic mass is 32.2. The van der Waals surface area contributed by atoms with Gasteiger partial charge < -0.3 is 5.32 Å². The molecule has 5 rings (SSSR count). The number of nitrogens with one attached hydrogen (secondary N) is 1. The second kappa shape index (κ2) is 10.9. The van der Waals surface area contributed by atoms with Crippen molar-refractivity contribution in [2.45, 2.75) is 31.6 Å². The molecule has 2 amide bonds. The van der Waals surface area contributed by atoms with Crippen molar-refractivity contribution in [3.8, 4) is 16.9 Å². The van der Waals surface area contributed by atoms with E-state index in [0.717, 1.165) is 28.1 Å². The van der Waals surface area contributed by atoms with Crippen LogP contribution in [0.15, 0.2) is 72.1 Å². The summed E-state index contributed by atoms with van der Waals surface area (Å²) < 4.78 is 15.5. The van der Waals surface area contributed by atoms with Crippen LogP contribution in [0.2, 0.25) is 0 Å². The summed E-state index contributed by atoms with van der Waals surface area (Å²) in [6.07, 6.45) is 0.785. The van der Waals surface area contributed by atoms with Gasteiger partial charge in [-0.2, -0.15) is 5.10 Å². The minimum atomic E-state index is -0.363. The Morgan fingerprint density at radius 1 is 1.14 bits per heavy atom. The Morgan fingerprint density at radius 3 is 2.57 bits per heavy atom. The zero-order valence-electron chi connectivity index (χ0n) is 20.6. The largest absolute Gasteiger partial charge is 0.352 e. The summed E-state index contributed by atoms with van der Waals surface area (Å²) in [6, 6.07) is 19.9. The molecule has 0 saturated carbocycles. The molecular formula is C28H27FN4O2S2. The minimum Gasteiger partial charge on any atom is -0.352 e. The van der Waals surface area contributed by atoms with Crippen LogP contribution in [0.1, 0.15) is 36.0 Å². The molecule has 0 bridgehead atoms. The van der Waals surface area contributed by atoms with Crippen molar-refractivity contribution in [2.24, 2.45) is 0 Å². The molecule has 0 fully saturated rings. The maximum Gasteiger partial charge on any atom is 0.240 e. The van der Waals surface area contributed by atoms with Gasteiger partial charge in [-0.25, -0.2) is 9.07 Å². The molecule has 0 saturated heterocycles. The molecule has 4 aromatic rings. The van der Waals surface area contributed by atoms with Gasteiger partial charge in [0.1, 0.15) is 18.2 Å². The molecule has 2 aromatic carbocycles. The Bertz CT molecular complexity index is 1390. The van der Waals surface area contributed by atoms with E-state index in [0.29, 0.717) is 11.5 Å². The fourth-order valence-corrected chi connectivity index (χ4v) is 6.50. The number of amides is 2. The number of aromatic nitrogens is 2. The third kappa shape index (κ3) is 5.19. The lowest BCUT2D eigenvalue weighted by Crippen LogP contribution is -2.44. The molecule has 2 unspecified atom stereocenters. The van der Waals surface area contributed by atoms with Crippen molar-refractivity contribution in [3.63, 3.8) is 0 Å². The summed E-state index contributed by atoms with van der Waals surface area (Å²) in [4.78, 5) is 29.3. The van der Waals surface area contributed by atoms with Crippen molar-refractivity contribution in [1.29, 1.82) is 0 Å². The fourth-order valence-electron chi connectivity index (χ4n) is 4.32. The highest BCUT2D eigenvalue weighted by Gasteiger charge is 2.38. The van der Waals surface area contributed by atoms with Crippen LogP contribution in [-0.4, -0.2) is 39.9 Å². The first kappa shape index (κ1) is 25.2. The highest BCUT2D eigenvalue weighted by Crippen LogP contribution is 2.49. The summed E-state index contributed by atoms with van der Waals surface area (Å²) in [6.45, 7) is 3.81. The van der Waals surface area contributed by atoms with Crippen LogP contribution in [0.3, 0.4) is 0 Å². The predicted molar refractivity (Wildman–Crippen MR) is 148 cm³/mol. The number of rotatable bonds is 7. The number of anilines is 1. The van der Waals surface area contributed by atoms with Gasteiger partial charge in [-0.05, 0) is 49.1 Å². The van der Waals surface area contributed by atoms with E-state index in [1.165, 1.54) is 28.8 Å². The van der Waals surface area contributed by atoms with Crippen molar-refractivity contribution in [2.75, 3.05) is 17.2 Å². The number of carbonyl (C=O) groups excluding carboxylic acids is 2. The summed E-state index contributed by atoms with van der Waals surface area (Å²) in [5.74, 6) is -0.0176. The van der Waals surface area contributed by atoms with Gasteiger partial charge >= 0.3 is 0 Å². The molecule has 9 heteroatoms. The molecule has 37 heavy (non-hydrogen) atoms. The molecule has 1 aliphatic heterocycles. The summed E-state index contributed by atoms with van der Waals surface area (Å²) in [5, 5.41) is 9.83. The summed E-state index contributed by atoms with van der Waals surface area (Å²) in [5.41, 5.74) is 3.11. The molecule has 190 valence electrons. The van der Waals surface area contributed by atoms with Gasteiger partial charge in [-0.15, -0.1) is 23.1 Å². The monoisotopic (exact) mass is 534 g/mol. The van der Waals surface area contributed by atoms with Gasteiger partial charge in [0.05, 0.1) is 22.4 Å². The Hall–Kier alpha value is -3.43. The van der Waals surface area contributed by atoms with Crippen LogP contribution in [-0.2, 0) is 9.59 Å². The molecule has 2 aromatic heterocycles. The van der Waals surface area contributed by atoms with E-state index in [4.69, 9.17) is 5.10 Å². The van der Waals surface area contributed by atoms with Crippen LogP contribution >= 0.6 is 23.1 Å². The zero-order chi connectivity index (χ0) is 25.9. The van der Waals surface area contributed by atoms with Crippen LogP contribution in [0.25, 0.3) is 16.9 Å². The van der Waals surface area contributed by atoms with Crippen molar-refractivity contribution in [1.82, 2.24) is 15.1 Å². The number of fused-ring (bicyclic) bond motifs is 1. The van der Waals surface area contributed by atoms with Gasteiger partial charge in [0.15, 0.2) is 0 Å². The second-order valence-electron chi connectivity index (χ2n) is 8.90. The highest BCUT2D eigenvalue weighted by molar-refractivity contribution is 8.00. The Morgan fingerprint density at radius 2 is 1.89 bits per heavy atom. The number of halogens is 1.